The average Bonchev–Trinajstić information content (AvgIpc) is 1.20. The molecule has 30 nitrogen and oxygen atoms in total. The number of Topliss-reactive ketones (excluding diaryl/α,β-unsaturated/α-hetero) is 1. The fraction of sp³-hybridized carbons (Fsp3) is 0.506. The number of rotatable bonds is 33. The van der Waals surface area contributed by atoms with Crippen LogP contribution in [0.1, 0.15) is 153 Å². The van der Waals surface area contributed by atoms with Gasteiger partial charge >= 0.3 is 25.6 Å². The van der Waals surface area contributed by atoms with E-state index in [1.54, 1.807) is 35.4 Å². The van der Waals surface area contributed by atoms with Crippen LogP contribution in [0, 0.1) is 23.7 Å². The summed E-state index contributed by atoms with van der Waals surface area (Å²) in [4.78, 5) is 138. The summed E-state index contributed by atoms with van der Waals surface area (Å²) in [5, 5.41) is 63.1. The largest absolute Gasteiger partial charge is 0.479 e. The van der Waals surface area contributed by atoms with Crippen molar-refractivity contribution in [1.82, 2.24) is 34.4 Å². The van der Waals surface area contributed by atoms with Crippen molar-refractivity contribution in [2.45, 2.75) is 178 Å². The molecular formula is C79H95N10O20PS. The van der Waals surface area contributed by atoms with Crippen LogP contribution in [0.25, 0.3) is 27.4 Å². The van der Waals surface area contributed by atoms with E-state index in [1.807, 2.05) is 65.0 Å². The maximum Gasteiger partial charge on any atom is 0.410 e. The number of carboxylic acid groups (broad SMARTS) is 2. The van der Waals surface area contributed by atoms with E-state index in [0.29, 0.717) is 130 Å². The van der Waals surface area contributed by atoms with Crippen LogP contribution in [0.3, 0.4) is 0 Å². The number of hydrogen-bond acceptors (Lipinski definition) is 22. The van der Waals surface area contributed by atoms with Crippen LogP contribution >= 0.6 is 18.9 Å². The van der Waals surface area contributed by atoms with Gasteiger partial charge in [-0.15, -0.1) is 0 Å². The second kappa shape index (κ2) is 34.1. The Morgan fingerprint density at radius 2 is 1.59 bits per heavy atom. The third kappa shape index (κ3) is 19.0. The Kier molecular flexibility index (Phi) is 24.5. The molecule has 592 valence electrons. The normalized spacial score (nSPS) is 24.5. The number of piperidine rings is 1. The molecule has 6 fully saturated rings. The van der Waals surface area contributed by atoms with Gasteiger partial charge in [-0.25, -0.2) is 24.4 Å². The molecule has 5 amide bonds. The van der Waals surface area contributed by atoms with E-state index in [4.69, 9.17) is 29.0 Å². The number of imide groups is 1. The van der Waals surface area contributed by atoms with Crippen LogP contribution in [0.15, 0.2) is 97.2 Å². The lowest BCUT2D eigenvalue weighted by Gasteiger charge is -2.65. The monoisotopic (exact) mass is 1570 g/mol. The van der Waals surface area contributed by atoms with Gasteiger partial charge < -0.3 is 69.4 Å². The zero-order valence-electron chi connectivity index (χ0n) is 62.0. The van der Waals surface area contributed by atoms with Gasteiger partial charge in [0.05, 0.1) is 40.5 Å². The number of fused-ring (bicyclic) bond motifs is 2. The summed E-state index contributed by atoms with van der Waals surface area (Å²) in [7, 11) is -4.30. The van der Waals surface area contributed by atoms with Gasteiger partial charge in [-0.05, 0) is 179 Å². The molecule has 111 heavy (non-hydrogen) atoms. The lowest BCUT2D eigenvalue weighted by Crippen LogP contribution is -2.61. The number of carbonyl (C=O) groups is 8. The summed E-state index contributed by atoms with van der Waals surface area (Å²) >= 11 is 1.40. The summed E-state index contributed by atoms with van der Waals surface area (Å²) in [5.74, 6) is -3.61. The lowest BCUT2D eigenvalue weighted by molar-refractivity contribution is -0.271. The minimum atomic E-state index is -4.30. The second-order valence-corrected chi connectivity index (χ2v) is 33.9. The summed E-state index contributed by atoms with van der Waals surface area (Å²) in [6.07, 6.45) is 6.69. The Hall–Kier alpha value is -9.14. The number of aliphatic hydroxyl groups excluding tert-OH is 3. The number of aliphatic carboxylic acids is 1. The molecule has 2 saturated heterocycles. The van der Waals surface area contributed by atoms with Gasteiger partial charge in [-0.2, -0.15) is 5.10 Å². The molecule has 4 saturated carbocycles. The number of likely N-dealkylation sites (tertiary alicyclic amines) is 1. The van der Waals surface area contributed by atoms with Crippen molar-refractivity contribution in [3.63, 3.8) is 0 Å². The Labute approximate surface area is 644 Å². The Morgan fingerprint density at radius 1 is 0.811 bits per heavy atom. The first-order valence-electron chi connectivity index (χ1n) is 38.0. The third-order valence-electron chi connectivity index (χ3n) is 22.7. The molecule has 0 radical (unpaired) electrons. The fourth-order valence-corrected chi connectivity index (χ4v) is 19.5. The molecular weight excluding hydrogens is 1470 g/mol. The number of ketones is 1. The number of anilines is 3. The number of pyridine rings is 1. The van der Waals surface area contributed by atoms with Crippen LogP contribution in [0.4, 0.5) is 21.4 Å². The third-order valence-corrected chi connectivity index (χ3v) is 24.5. The van der Waals surface area contributed by atoms with Crippen molar-refractivity contribution >= 4 is 99.3 Å². The van der Waals surface area contributed by atoms with E-state index >= 15 is 0 Å². The number of nitrogens with zero attached hydrogens (tertiary/aromatic N) is 8. The molecule has 8 aliphatic rings. The van der Waals surface area contributed by atoms with Gasteiger partial charge in [0.15, 0.2) is 16.9 Å². The number of amides is 5. The van der Waals surface area contributed by atoms with Crippen molar-refractivity contribution in [3.05, 3.63) is 131 Å². The molecule has 6 aromatic rings. The predicted molar refractivity (Wildman–Crippen MR) is 408 cm³/mol. The number of hydrogen-bond donors (Lipinski definition) is 9. The number of benzene rings is 3. The molecule has 3 aromatic heterocycles. The predicted octanol–water partition coefficient (Wildman–Crippen LogP) is 8.74. The van der Waals surface area contributed by atoms with Crippen molar-refractivity contribution in [1.29, 1.82) is 0 Å². The van der Waals surface area contributed by atoms with Crippen molar-refractivity contribution in [2.24, 2.45) is 16.7 Å². The fourth-order valence-electron chi connectivity index (χ4n) is 18.1. The zero-order chi connectivity index (χ0) is 78.5. The van der Waals surface area contributed by atoms with E-state index < -0.39 is 67.8 Å². The quantitative estimate of drug-likeness (QED) is 0.0106. The van der Waals surface area contributed by atoms with E-state index in [0.717, 1.165) is 70.5 Å². The molecule has 4 aliphatic heterocycles. The van der Waals surface area contributed by atoms with Gasteiger partial charge in [0.2, 0.25) is 12.2 Å². The summed E-state index contributed by atoms with van der Waals surface area (Å²) in [6.45, 7) is 7.95. The number of carbonyl (C=O) groups excluding carboxylic acids is 6. The van der Waals surface area contributed by atoms with Crippen LogP contribution in [0.2, 0.25) is 0 Å². The molecule has 32 heteroatoms. The Balaban J connectivity index is 0.605. The number of para-hydroxylation sites is 1. The number of nitrogens with one attached hydrogen (secondary N) is 2. The molecule has 4 unspecified atom stereocenters. The number of aromatic carboxylic acids is 1. The first-order valence-corrected chi connectivity index (χ1v) is 40.6. The number of aliphatic hydroxyl groups is 3. The van der Waals surface area contributed by atoms with E-state index in [9.17, 15) is 78.2 Å². The standard InChI is InChI=1S/C79H95N10O20PS/c1-48-56(54-21-23-62(83-66(54)72(98)99)87-31-26-51-13-8-16-55(57(51)43-87)71(97)84-75-82-58-17-5-6-18-61(58)111-75)42-80-89(48)47-78-40-50-39-77(2,44-78)45-79(41-50,46-78)107-36-34-85(29-11-37-110(103,104)105)52-27-32-86(33-28-52)76(102)106-35-10-12-49-20-22-60(108-74-69(96)67(94)68(95)70(109-74)73(100)101)59(38-49)81-63(91)19-9-15-53(90)14-4-3-7-30-88-64(92)24-25-65(88)93/h5-6,8,10,12-13,16-18,20-25,38,42,50,52,67-70,74,94-96H,3-4,7,9,11,14-15,19,26-37,39-41,43-47H2,1-2H3,(H,81,91)(H,98,99)(H,100,101)(H,82,84,97)(H2,103,104,105)/b12-10+/t50?,67-,68-,69+,70-,74+,77?,78?,79?/m0/s1. The smallest absolute Gasteiger partial charge is 0.410 e. The van der Waals surface area contributed by atoms with Gasteiger partial charge in [0.1, 0.15) is 42.3 Å². The highest BCUT2D eigenvalue weighted by Gasteiger charge is 2.63. The number of thiazole rings is 1. The van der Waals surface area contributed by atoms with E-state index in [-0.39, 0.29) is 109 Å². The highest BCUT2D eigenvalue weighted by atomic mass is 32.1. The maximum absolute atomic E-state index is 13.8. The van der Waals surface area contributed by atoms with Crippen molar-refractivity contribution < 1.29 is 97.2 Å². The summed E-state index contributed by atoms with van der Waals surface area (Å²) < 4.78 is 39.2. The maximum atomic E-state index is 13.8. The van der Waals surface area contributed by atoms with E-state index in [2.05, 4.69) is 27.4 Å². The van der Waals surface area contributed by atoms with Crippen LogP contribution < -0.4 is 20.3 Å². The molecule has 4 bridgehead atoms. The number of carboxylic acids is 2. The average molecular weight is 1570 g/mol. The van der Waals surface area contributed by atoms with Crippen LogP contribution in [-0.4, -0.2) is 218 Å². The molecule has 9 atom stereocenters. The molecule has 14 rings (SSSR count). The number of unbranched alkanes of at least 4 members (excludes halogenated alkanes) is 2. The van der Waals surface area contributed by atoms with E-state index in [1.165, 1.54) is 35.6 Å². The highest BCUT2D eigenvalue weighted by molar-refractivity contribution is 7.51. The molecule has 3 aromatic carbocycles. The van der Waals surface area contributed by atoms with Crippen molar-refractivity contribution in [3.8, 4) is 16.9 Å². The van der Waals surface area contributed by atoms with Crippen LogP contribution in [-0.2, 0) is 62.3 Å². The Bertz CT molecular complexity index is 4580. The minimum absolute atomic E-state index is 0.00548. The SMILES string of the molecule is Cc1c(-c2ccc(N3CCc4cccc(C(=O)Nc5nc6ccccc6s5)c4C3)nc2C(=O)O)cnn1CC12CC3CC(C)(C1)CC(OCCN(CCCP(=O)(O)O)C1CCN(C(=O)OC/C=C/c4ccc(O[C@@H]5O[C@H](C(=O)O)[C@@H](O)[C@H](O)[C@H]5O)c(NC(=O)CCCC(=O)CCCCCN5C(=O)C=CC5=O)c4)CC1)(C3)C2. The minimum Gasteiger partial charge on any atom is -0.479 e. The van der Waals surface area contributed by atoms with Crippen LogP contribution in [0.5, 0.6) is 5.75 Å². The molecule has 0 spiro atoms. The van der Waals surface area contributed by atoms with Gasteiger partial charge in [-0.3, -0.25) is 48.3 Å². The summed E-state index contributed by atoms with van der Waals surface area (Å²) in [6, 6.07) is 21.5. The second-order valence-electron chi connectivity index (χ2n) is 31.1. The van der Waals surface area contributed by atoms with Gasteiger partial charge in [-0.1, -0.05) is 61.1 Å². The van der Waals surface area contributed by atoms with Gasteiger partial charge in [0.25, 0.3) is 17.7 Å². The zero-order valence-corrected chi connectivity index (χ0v) is 63.7. The molecule has 4 aliphatic carbocycles. The highest BCUT2D eigenvalue weighted by Crippen LogP contribution is 2.68. The number of aromatic nitrogens is 4. The molecule has 7 heterocycles. The number of ether oxygens (including phenoxy) is 4. The topological polar surface area (TPSA) is 413 Å². The Morgan fingerprint density at radius 3 is 2.35 bits per heavy atom. The van der Waals surface area contributed by atoms with Gasteiger partial charge in [0, 0.05) is 106 Å². The first kappa shape index (κ1) is 79.9. The molecule has 9 N–H and O–H groups in total. The van der Waals surface area contributed by atoms with Crippen molar-refractivity contribution in [2.75, 3.05) is 74.2 Å². The first-order chi connectivity index (χ1) is 53.1. The lowest BCUT2D eigenvalue weighted by atomic mass is 9.43. The summed E-state index contributed by atoms with van der Waals surface area (Å²) in [5.41, 5.74) is 5.00.